The van der Waals surface area contributed by atoms with Gasteiger partial charge in [-0.2, -0.15) is 0 Å². The Hall–Kier alpha value is -0.160. The van der Waals surface area contributed by atoms with E-state index in [9.17, 15) is 0 Å². The molecule has 1 aliphatic heterocycles. The van der Waals surface area contributed by atoms with Gasteiger partial charge in [-0.25, -0.2) is 0 Å². The third kappa shape index (κ3) is 1.46. The first-order valence-corrected chi connectivity index (χ1v) is 3.31. The highest BCUT2D eigenvalue weighted by atomic mass is 16.6. The normalized spacial score (nSPS) is 49.2. The van der Waals surface area contributed by atoms with E-state index in [-0.39, 0.29) is 6.42 Å². The van der Waals surface area contributed by atoms with Crippen molar-refractivity contribution in [3.63, 3.8) is 0 Å². The standard InChI is InChI=1S/C6H12O4/c1-3-4(7)2-5(8)6(9)10-3/h3-9H,2H2,1H3/t3-,4-,5+,6+/m0/s1. The van der Waals surface area contributed by atoms with Crippen molar-refractivity contribution in [1.29, 1.82) is 0 Å². The molecule has 1 aliphatic rings. The van der Waals surface area contributed by atoms with Crippen LogP contribution in [0.5, 0.6) is 0 Å². The van der Waals surface area contributed by atoms with E-state index in [0.717, 1.165) is 0 Å². The topological polar surface area (TPSA) is 69.9 Å². The molecule has 0 aromatic heterocycles. The SMILES string of the molecule is C[C@@H]1O[C@@H](O)[C@H](O)C[C@@H]1O. The Kier molecular flexibility index (Phi) is 2.25. The lowest BCUT2D eigenvalue weighted by Crippen LogP contribution is -2.45. The van der Waals surface area contributed by atoms with Crippen molar-refractivity contribution in [2.24, 2.45) is 0 Å². The van der Waals surface area contributed by atoms with Crippen LogP contribution in [0.15, 0.2) is 0 Å². The second-order valence-corrected chi connectivity index (χ2v) is 2.60. The summed E-state index contributed by atoms with van der Waals surface area (Å²) in [5, 5.41) is 26.9. The summed E-state index contributed by atoms with van der Waals surface area (Å²) in [6.07, 6.45) is -2.97. The van der Waals surface area contributed by atoms with Gasteiger partial charge in [0.25, 0.3) is 0 Å². The van der Waals surface area contributed by atoms with Gasteiger partial charge in [0.2, 0.25) is 0 Å². The van der Waals surface area contributed by atoms with E-state index in [1.807, 2.05) is 0 Å². The van der Waals surface area contributed by atoms with Crippen molar-refractivity contribution in [2.45, 2.75) is 37.9 Å². The third-order valence-electron chi connectivity index (χ3n) is 1.71. The molecule has 0 aromatic carbocycles. The fraction of sp³-hybridized carbons (Fsp3) is 1.00. The molecule has 0 aliphatic carbocycles. The maximum Gasteiger partial charge on any atom is 0.181 e. The molecule has 3 N–H and O–H groups in total. The average Bonchev–Trinajstić information content (AvgIpc) is 1.84. The van der Waals surface area contributed by atoms with Gasteiger partial charge in [0.05, 0.1) is 12.2 Å². The maximum absolute atomic E-state index is 9.07. The van der Waals surface area contributed by atoms with Crippen molar-refractivity contribution in [3.8, 4) is 0 Å². The fourth-order valence-corrected chi connectivity index (χ4v) is 0.957. The average molecular weight is 148 g/mol. The molecule has 1 fully saturated rings. The summed E-state index contributed by atoms with van der Waals surface area (Å²) in [6, 6.07) is 0. The van der Waals surface area contributed by atoms with Crippen molar-refractivity contribution in [1.82, 2.24) is 0 Å². The molecule has 1 saturated heterocycles. The molecular formula is C6H12O4. The number of hydrogen-bond acceptors (Lipinski definition) is 4. The van der Waals surface area contributed by atoms with Crippen LogP contribution in [0.3, 0.4) is 0 Å². The molecular weight excluding hydrogens is 136 g/mol. The highest BCUT2D eigenvalue weighted by molar-refractivity contribution is 4.76. The molecule has 0 unspecified atom stereocenters. The summed E-state index contributed by atoms with van der Waals surface area (Å²) in [6.45, 7) is 1.65. The third-order valence-corrected chi connectivity index (χ3v) is 1.71. The Labute approximate surface area is 59.1 Å². The van der Waals surface area contributed by atoms with E-state index in [0.29, 0.717) is 0 Å². The molecule has 10 heavy (non-hydrogen) atoms. The van der Waals surface area contributed by atoms with Crippen LogP contribution in [0.1, 0.15) is 13.3 Å². The van der Waals surface area contributed by atoms with Gasteiger partial charge in [0.1, 0.15) is 6.10 Å². The molecule has 0 bridgehead atoms. The summed E-state index contributed by atoms with van der Waals surface area (Å²) >= 11 is 0. The number of hydrogen-bond donors (Lipinski definition) is 3. The lowest BCUT2D eigenvalue weighted by atomic mass is 10.0. The first-order chi connectivity index (χ1) is 4.61. The van der Waals surface area contributed by atoms with Crippen molar-refractivity contribution < 1.29 is 20.1 Å². The first kappa shape index (κ1) is 7.94. The molecule has 0 saturated carbocycles. The molecule has 0 aromatic rings. The quantitative estimate of drug-likeness (QED) is 0.405. The number of aliphatic hydroxyl groups is 3. The van der Waals surface area contributed by atoms with Crippen molar-refractivity contribution >= 4 is 0 Å². The minimum Gasteiger partial charge on any atom is -0.390 e. The highest BCUT2D eigenvalue weighted by Crippen LogP contribution is 2.17. The Bertz CT molecular complexity index is 90.3. The molecule has 4 atom stereocenters. The van der Waals surface area contributed by atoms with E-state index in [1.54, 1.807) is 6.92 Å². The first-order valence-electron chi connectivity index (χ1n) is 3.31. The van der Waals surface area contributed by atoms with Crippen molar-refractivity contribution in [3.05, 3.63) is 0 Å². The lowest BCUT2D eigenvalue weighted by Gasteiger charge is -2.32. The zero-order valence-electron chi connectivity index (χ0n) is 5.77. The summed E-state index contributed by atoms with van der Waals surface area (Å²) in [5.41, 5.74) is 0. The Morgan fingerprint density at radius 3 is 2.30 bits per heavy atom. The van der Waals surface area contributed by atoms with Gasteiger partial charge in [0.15, 0.2) is 6.29 Å². The van der Waals surface area contributed by atoms with Crippen LogP contribution in [0, 0.1) is 0 Å². The largest absolute Gasteiger partial charge is 0.390 e. The summed E-state index contributed by atoms with van der Waals surface area (Å²) in [4.78, 5) is 0. The number of ether oxygens (including phenoxy) is 1. The predicted octanol–water partition coefficient (Wildman–Crippen LogP) is -1.16. The van der Waals surface area contributed by atoms with Gasteiger partial charge >= 0.3 is 0 Å². The van der Waals surface area contributed by atoms with E-state index in [1.165, 1.54) is 0 Å². The van der Waals surface area contributed by atoms with Crippen LogP contribution in [-0.2, 0) is 4.74 Å². The van der Waals surface area contributed by atoms with Crippen LogP contribution in [0.2, 0.25) is 0 Å². The maximum atomic E-state index is 9.07. The van der Waals surface area contributed by atoms with E-state index < -0.39 is 24.6 Å². The van der Waals surface area contributed by atoms with Crippen LogP contribution in [0.25, 0.3) is 0 Å². The van der Waals surface area contributed by atoms with Gasteiger partial charge in [-0.15, -0.1) is 0 Å². The molecule has 0 amide bonds. The minimum atomic E-state index is -1.14. The number of aliphatic hydroxyl groups excluding tert-OH is 3. The highest BCUT2D eigenvalue weighted by Gasteiger charge is 2.32. The lowest BCUT2D eigenvalue weighted by molar-refractivity contribution is -0.240. The fourth-order valence-electron chi connectivity index (χ4n) is 0.957. The summed E-state index contributed by atoms with van der Waals surface area (Å²) < 4.78 is 4.77. The Balaban J connectivity index is 2.46. The van der Waals surface area contributed by atoms with Crippen LogP contribution < -0.4 is 0 Å². The van der Waals surface area contributed by atoms with Gasteiger partial charge in [-0.1, -0.05) is 0 Å². The van der Waals surface area contributed by atoms with E-state index in [4.69, 9.17) is 20.1 Å². The summed E-state index contributed by atoms with van der Waals surface area (Å²) in [7, 11) is 0. The molecule has 4 heteroatoms. The van der Waals surface area contributed by atoms with E-state index >= 15 is 0 Å². The zero-order chi connectivity index (χ0) is 7.72. The minimum absolute atomic E-state index is 0.183. The smallest absolute Gasteiger partial charge is 0.181 e. The zero-order valence-corrected chi connectivity index (χ0v) is 5.77. The van der Waals surface area contributed by atoms with Gasteiger partial charge in [0, 0.05) is 6.42 Å². The van der Waals surface area contributed by atoms with Crippen LogP contribution in [0.4, 0.5) is 0 Å². The predicted molar refractivity (Wildman–Crippen MR) is 33.2 cm³/mol. The molecule has 1 rings (SSSR count). The van der Waals surface area contributed by atoms with Gasteiger partial charge < -0.3 is 20.1 Å². The summed E-state index contributed by atoms with van der Waals surface area (Å²) in [5.74, 6) is 0. The van der Waals surface area contributed by atoms with E-state index in [2.05, 4.69) is 0 Å². The molecule has 60 valence electrons. The second-order valence-electron chi connectivity index (χ2n) is 2.60. The molecule has 4 nitrogen and oxygen atoms in total. The van der Waals surface area contributed by atoms with Crippen LogP contribution >= 0.6 is 0 Å². The second kappa shape index (κ2) is 2.84. The Morgan fingerprint density at radius 1 is 1.20 bits per heavy atom. The van der Waals surface area contributed by atoms with Gasteiger partial charge in [-0.3, -0.25) is 0 Å². The molecule has 1 heterocycles. The van der Waals surface area contributed by atoms with Crippen molar-refractivity contribution in [2.75, 3.05) is 0 Å². The Morgan fingerprint density at radius 2 is 1.80 bits per heavy atom. The van der Waals surface area contributed by atoms with Gasteiger partial charge in [-0.05, 0) is 6.92 Å². The number of rotatable bonds is 0. The van der Waals surface area contributed by atoms with Crippen LogP contribution in [-0.4, -0.2) is 39.9 Å². The monoisotopic (exact) mass is 148 g/mol. The molecule has 0 radical (unpaired) electrons. The molecule has 0 spiro atoms.